The molecule has 1 aliphatic rings. The number of nitrogens with zero attached hydrogens (tertiary/aromatic N) is 1. The molecule has 4 nitrogen and oxygen atoms in total. The largest absolute Gasteiger partial charge is 0.353 e. The maximum Gasteiger partial charge on any atom is 0.234 e. The van der Waals surface area contributed by atoms with Gasteiger partial charge in [-0.1, -0.05) is 0 Å². The van der Waals surface area contributed by atoms with Crippen molar-refractivity contribution in [2.45, 2.75) is 32.9 Å². The van der Waals surface area contributed by atoms with Crippen molar-refractivity contribution in [2.75, 3.05) is 26.2 Å². The molecule has 1 heterocycles. The molecule has 1 fully saturated rings. The summed E-state index contributed by atoms with van der Waals surface area (Å²) in [6.45, 7) is 9.56. The molecule has 0 aromatic rings. The van der Waals surface area contributed by atoms with Crippen LogP contribution in [-0.2, 0) is 4.79 Å². The normalized spacial score (nSPS) is 23.9. The summed E-state index contributed by atoms with van der Waals surface area (Å²) in [6, 6.07) is 0.735. The lowest BCUT2D eigenvalue weighted by molar-refractivity contribution is -0.123. The summed E-state index contributed by atoms with van der Waals surface area (Å²) in [4.78, 5) is 13.6. The second kappa shape index (κ2) is 5.32. The number of hydrogen-bond donors (Lipinski definition) is 2. The van der Waals surface area contributed by atoms with Gasteiger partial charge in [-0.05, 0) is 20.8 Å². The summed E-state index contributed by atoms with van der Waals surface area (Å²) in [6.07, 6.45) is 0. The van der Waals surface area contributed by atoms with Gasteiger partial charge in [0.25, 0.3) is 0 Å². The maximum absolute atomic E-state index is 11.5. The number of piperazine rings is 1. The van der Waals surface area contributed by atoms with Gasteiger partial charge in [0.05, 0.1) is 6.54 Å². The summed E-state index contributed by atoms with van der Waals surface area (Å²) >= 11 is 0. The van der Waals surface area contributed by atoms with Crippen molar-refractivity contribution < 1.29 is 4.79 Å². The Bertz CT molecular complexity index is 194. The van der Waals surface area contributed by atoms with Crippen molar-refractivity contribution in [3.63, 3.8) is 0 Å². The predicted molar refractivity (Wildman–Crippen MR) is 57.2 cm³/mol. The molecule has 4 heteroatoms. The first-order chi connectivity index (χ1) is 6.58. The number of rotatable bonds is 3. The van der Waals surface area contributed by atoms with E-state index in [1.165, 1.54) is 0 Å². The predicted octanol–water partition coefficient (Wildman–Crippen LogP) is -0.195. The monoisotopic (exact) mass is 199 g/mol. The van der Waals surface area contributed by atoms with Gasteiger partial charge in [-0.3, -0.25) is 9.69 Å². The third kappa shape index (κ3) is 4.07. The molecular formula is C10H21N3O. The van der Waals surface area contributed by atoms with Crippen LogP contribution in [0.2, 0.25) is 0 Å². The van der Waals surface area contributed by atoms with E-state index in [1.807, 2.05) is 13.8 Å². The number of carbonyl (C=O) groups is 1. The molecule has 1 aliphatic heterocycles. The van der Waals surface area contributed by atoms with E-state index >= 15 is 0 Å². The zero-order chi connectivity index (χ0) is 10.6. The van der Waals surface area contributed by atoms with Gasteiger partial charge in [-0.2, -0.15) is 0 Å². The summed E-state index contributed by atoms with van der Waals surface area (Å²) in [5.74, 6) is 0.133. The second-order valence-corrected chi connectivity index (χ2v) is 4.31. The molecule has 0 aromatic heterocycles. The van der Waals surface area contributed by atoms with Crippen molar-refractivity contribution in [1.82, 2.24) is 15.5 Å². The Hall–Kier alpha value is -0.610. The zero-order valence-electron chi connectivity index (χ0n) is 9.34. The Labute approximate surface area is 86.0 Å². The van der Waals surface area contributed by atoms with Crippen molar-refractivity contribution >= 4 is 5.91 Å². The lowest BCUT2D eigenvalue weighted by Gasteiger charge is -2.31. The molecule has 0 unspecified atom stereocenters. The number of hydrogen-bond acceptors (Lipinski definition) is 3. The lowest BCUT2D eigenvalue weighted by Crippen LogP contribution is -2.52. The maximum atomic E-state index is 11.5. The van der Waals surface area contributed by atoms with Crippen LogP contribution in [0.4, 0.5) is 0 Å². The Morgan fingerprint density at radius 1 is 1.64 bits per heavy atom. The van der Waals surface area contributed by atoms with Crippen LogP contribution in [0, 0.1) is 0 Å². The molecule has 0 spiro atoms. The summed E-state index contributed by atoms with van der Waals surface area (Å²) in [5, 5.41) is 6.26. The molecular weight excluding hydrogens is 178 g/mol. The molecule has 0 saturated carbocycles. The number of amides is 1. The molecule has 1 amide bonds. The minimum absolute atomic E-state index is 0.133. The van der Waals surface area contributed by atoms with Crippen LogP contribution in [0.3, 0.4) is 0 Å². The summed E-state index contributed by atoms with van der Waals surface area (Å²) in [7, 11) is 0. The lowest BCUT2D eigenvalue weighted by atomic mass is 10.2. The first-order valence-electron chi connectivity index (χ1n) is 5.33. The first kappa shape index (κ1) is 11.5. The van der Waals surface area contributed by atoms with Crippen LogP contribution in [0.1, 0.15) is 20.8 Å². The van der Waals surface area contributed by atoms with Crippen molar-refractivity contribution in [1.29, 1.82) is 0 Å². The van der Waals surface area contributed by atoms with E-state index in [0.717, 1.165) is 19.6 Å². The van der Waals surface area contributed by atoms with Crippen molar-refractivity contribution in [2.24, 2.45) is 0 Å². The number of nitrogens with one attached hydrogen (secondary N) is 2. The van der Waals surface area contributed by atoms with E-state index < -0.39 is 0 Å². The van der Waals surface area contributed by atoms with Gasteiger partial charge in [0.2, 0.25) is 5.91 Å². The van der Waals surface area contributed by atoms with Crippen LogP contribution in [0.15, 0.2) is 0 Å². The molecule has 1 saturated heterocycles. The third-order valence-corrected chi connectivity index (χ3v) is 2.27. The fourth-order valence-electron chi connectivity index (χ4n) is 1.73. The van der Waals surface area contributed by atoms with Gasteiger partial charge in [0.1, 0.15) is 0 Å². The highest BCUT2D eigenvalue weighted by Crippen LogP contribution is 1.97. The zero-order valence-corrected chi connectivity index (χ0v) is 9.34. The van der Waals surface area contributed by atoms with Crippen LogP contribution in [0.25, 0.3) is 0 Å². The third-order valence-electron chi connectivity index (χ3n) is 2.27. The average Bonchev–Trinajstić information content (AvgIpc) is 2.01. The molecule has 82 valence electrons. The van der Waals surface area contributed by atoms with Gasteiger partial charge < -0.3 is 10.6 Å². The quantitative estimate of drug-likeness (QED) is 0.662. The van der Waals surface area contributed by atoms with E-state index in [0.29, 0.717) is 12.6 Å². The van der Waals surface area contributed by atoms with Gasteiger partial charge in [-0.15, -0.1) is 0 Å². The number of carbonyl (C=O) groups excluding carboxylic acids is 1. The van der Waals surface area contributed by atoms with Crippen LogP contribution in [-0.4, -0.2) is 49.1 Å². The van der Waals surface area contributed by atoms with Gasteiger partial charge in [-0.25, -0.2) is 0 Å². The molecule has 1 atom stereocenters. The second-order valence-electron chi connectivity index (χ2n) is 4.31. The highest BCUT2D eigenvalue weighted by molar-refractivity contribution is 5.78. The van der Waals surface area contributed by atoms with Crippen LogP contribution < -0.4 is 10.6 Å². The molecule has 0 aliphatic carbocycles. The average molecular weight is 199 g/mol. The Balaban J connectivity index is 2.25. The molecule has 0 radical (unpaired) electrons. The fraction of sp³-hybridized carbons (Fsp3) is 0.900. The molecule has 14 heavy (non-hydrogen) atoms. The minimum atomic E-state index is 0.133. The first-order valence-corrected chi connectivity index (χ1v) is 5.33. The van der Waals surface area contributed by atoms with Crippen molar-refractivity contribution in [3.05, 3.63) is 0 Å². The van der Waals surface area contributed by atoms with Gasteiger partial charge >= 0.3 is 0 Å². The van der Waals surface area contributed by atoms with E-state index in [2.05, 4.69) is 22.5 Å². The SMILES string of the molecule is CC(C)NC(=O)CN1CCN[C@H](C)C1. The summed E-state index contributed by atoms with van der Waals surface area (Å²) in [5.41, 5.74) is 0. The van der Waals surface area contributed by atoms with Crippen LogP contribution in [0.5, 0.6) is 0 Å². The van der Waals surface area contributed by atoms with E-state index in [-0.39, 0.29) is 11.9 Å². The fourth-order valence-corrected chi connectivity index (χ4v) is 1.73. The van der Waals surface area contributed by atoms with E-state index in [1.54, 1.807) is 0 Å². The van der Waals surface area contributed by atoms with Crippen molar-refractivity contribution in [3.8, 4) is 0 Å². The summed E-state index contributed by atoms with van der Waals surface area (Å²) < 4.78 is 0. The minimum Gasteiger partial charge on any atom is -0.353 e. The van der Waals surface area contributed by atoms with Gasteiger partial charge in [0.15, 0.2) is 0 Å². The highest BCUT2D eigenvalue weighted by Gasteiger charge is 2.17. The molecule has 0 bridgehead atoms. The van der Waals surface area contributed by atoms with Gasteiger partial charge in [0, 0.05) is 31.7 Å². The topological polar surface area (TPSA) is 44.4 Å². The van der Waals surface area contributed by atoms with Crippen LogP contribution >= 0.6 is 0 Å². The molecule has 0 aromatic carbocycles. The smallest absolute Gasteiger partial charge is 0.234 e. The molecule has 1 rings (SSSR count). The standard InChI is InChI=1S/C10H21N3O/c1-8(2)12-10(14)7-13-5-4-11-9(3)6-13/h8-9,11H,4-7H2,1-3H3,(H,12,14)/t9-/m1/s1. The molecule has 2 N–H and O–H groups in total. The Morgan fingerprint density at radius 3 is 2.93 bits per heavy atom. The highest BCUT2D eigenvalue weighted by atomic mass is 16.2. The van der Waals surface area contributed by atoms with E-state index in [4.69, 9.17) is 0 Å². The Morgan fingerprint density at radius 2 is 2.36 bits per heavy atom. The Kier molecular flexibility index (Phi) is 4.35. The van der Waals surface area contributed by atoms with E-state index in [9.17, 15) is 4.79 Å².